The fourth-order valence-electron chi connectivity index (χ4n) is 1.54. The molecule has 0 aromatic heterocycles. The maximum atomic E-state index is 13.0. The Morgan fingerprint density at radius 1 is 1.35 bits per heavy atom. The Bertz CT molecular complexity index is 470. The highest BCUT2D eigenvalue weighted by molar-refractivity contribution is 7.85. The molecule has 6 heteroatoms. The van der Waals surface area contributed by atoms with E-state index >= 15 is 0 Å². The number of unbranched alkanes of at least 4 members (excludes halogenated alkanes) is 1. The zero-order valence-electron chi connectivity index (χ0n) is 9.52. The lowest BCUT2D eigenvalue weighted by molar-refractivity contribution is 0.407. The number of halogens is 1. The molecule has 0 atom stereocenters. The van der Waals surface area contributed by atoms with Crippen LogP contribution < -0.4 is 4.74 Å². The predicted molar refractivity (Wildman–Crippen MR) is 62.3 cm³/mol. The maximum Gasteiger partial charge on any atom is 0.264 e. The van der Waals surface area contributed by atoms with Crippen molar-refractivity contribution < 1.29 is 22.1 Å². The third-order valence-electron chi connectivity index (χ3n) is 2.34. The summed E-state index contributed by atoms with van der Waals surface area (Å²) in [5, 5.41) is 0. The van der Waals surface area contributed by atoms with E-state index in [0.717, 1.165) is 0 Å². The van der Waals surface area contributed by atoms with Crippen molar-refractivity contribution in [3.05, 3.63) is 29.6 Å². The summed E-state index contributed by atoms with van der Waals surface area (Å²) >= 11 is 0. The Labute approximate surface area is 100 Å². The van der Waals surface area contributed by atoms with Crippen LogP contribution in [-0.4, -0.2) is 25.8 Å². The molecule has 4 nitrogen and oxygen atoms in total. The van der Waals surface area contributed by atoms with Gasteiger partial charge >= 0.3 is 0 Å². The summed E-state index contributed by atoms with van der Waals surface area (Å²) in [6, 6.07) is 4.21. The van der Waals surface area contributed by atoms with Gasteiger partial charge in [0.05, 0.1) is 12.9 Å². The Kier molecular flexibility index (Phi) is 4.89. The number of ether oxygens (including phenoxy) is 1. The molecule has 1 aromatic rings. The third-order valence-corrected chi connectivity index (χ3v) is 3.15. The van der Waals surface area contributed by atoms with Crippen molar-refractivity contribution in [3.63, 3.8) is 0 Å². The Morgan fingerprint density at radius 2 is 2.06 bits per heavy atom. The van der Waals surface area contributed by atoms with Crippen LogP contribution in [-0.2, 0) is 16.5 Å². The molecule has 17 heavy (non-hydrogen) atoms. The second-order valence-corrected chi connectivity index (χ2v) is 5.27. The monoisotopic (exact) mass is 262 g/mol. The van der Waals surface area contributed by atoms with Gasteiger partial charge in [-0.05, 0) is 43.0 Å². The molecule has 1 aromatic carbocycles. The second kappa shape index (κ2) is 5.97. The number of hydrogen-bond donors (Lipinski definition) is 1. The largest absolute Gasteiger partial charge is 0.496 e. The molecule has 1 rings (SSSR count). The first-order valence-corrected chi connectivity index (χ1v) is 6.81. The van der Waals surface area contributed by atoms with E-state index in [2.05, 4.69) is 0 Å². The average Bonchev–Trinajstić information content (AvgIpc) is 2.23. The summed E-state index contributed by atoms with van der Waals surface area (Å²) < 4.78 is 47.6. The van der Waals surface area contributed by atoms with Crippen molar-refractivity contribution in [2.45, 2.75) is 19.3 Å². The van der Waals surface area contributed by atoms with Crippen LogP contribution in [0.1, 0.15) is 18.4 Å². The normalized spacial score (nSPS) is 11.5. The van der Waals surface area contributed by atoms with Crippen molar-refractivity contribution in [3.8, 4) is 5.75 Å². The van der Waals surface area contributed by atoms with Gasteiger partial charge in [0.25, 0.3) is 10.1 Å². The summed E-state index contributed by atoms with van der Waals surface area (Å²) in [5.74, 6) is -0.0428. The van der Waals surface area contributed by atoms with Crippen LogP contribution in [0.5, 0.6) is 5.75 Å². The zero-order valence-corrected chi connectivity index (χ0v) is 10.3. The van der Waals surface area contributed by atoms with Gasteiger partial charge in [-0.1, -0.05) is 0 Å². The molecule has 96 valence electrons. The standard InChI is InChI=1S/C11H15FO4S/c1-16-11-6-5-10(12)8-9(11)4-2-3-7-17(13,14)15/h5-6,8H,2-4,7H2,1H3,(H,13,14,15). The first-order chi connectivity index (χ1) is 7.92. The van der Waals surface area contributed by atoms with Crippen LogP contribution in [0.25, 0.3) is 0 Å². The molecule has 0 aliphatic heterocycles. The lowest BCUT2D eigenvalue weighted by Crippen LogP contribution is -2.04. The zero-order chi connectivity index (χ0) is 12.9. The van der Waals surface area contributed by atoms with Crippen LogP contribution >= 0.6 is 0 Å². The van der Waals surface area contributed by atoms with Gasteiger partial charge in [-0.3, -0.25) is 4.55 Å². The number of hydrogen-bond acceptors (Lipinski definition) is 3. The molecule has 0 saturated heterocycles. The fraction of sp³-hybridized carbons (Fsp3) is 0.455. The minimum atomic E-state index is -3.91. The molecular weight excluding hydrogens is 247 g/mol. The predicted octanol–water partition coefficient (Wildman–Crippen LogP) is 2.04. The van der Waals surface area contributed by atoms with E-state index in [0.29, 0.717) is 30.6 Å². The number of aryl methyl sites for hydroxylation is 1. The molecular formula is C11H15FO4S. The highest BCUT2D eigenvalue weighted by Crippen LogP contribution is 2.21. The highest BCUT2D eigenvalue weighted by atomic mass is 32.2. The van der Waals surface area contributed by atoms with Crippen LogP contribution in [0.3, 0.4) is 0 Å². The average molecular weight is 262 g/mol. The topological polar surface area (TPSA) is 63.6 Å². The van der Waals surface area contributed by atoms with Gasteiger partial charge in [-0.2, -0.15) is 8.42 Å². The van der Waals surface area contributed by atoms with E-state index in [4.69, 9.17) is 9.29 Å². The Morgan fingerprint density at radius 3 is 2.65 bits per heavy atom. The van der Waals surface area contributed by atoms with Crippen LogP contribution in [0, 0.1) is 5.82 Å². The van der Waals surface area contributed by atoms with Crippen LogP contribution in [0.15, 0.2) is 18.2 Å². The smallest absolute Gasteiger partial charge is 0.264 e. The van der Waals surface area contributed by atoms with Crippen molar-refractivity contribution >= 4 is 10.1 Å². The lowest BCUT2D eigenvalue weighted by Gasteiger charge is -2.08. The first kappa shape index (κ1) is 13.9. The Balaban J connectivity index is 2.54. The van der Waals surface area contributed by atoms with Gasteiger partial charge in [-0.15, -0.1) is 0 Å². The molecule has 0 heterocycles. The molecule has 0 radical (unpaired) electrons. The molecule has 0 aliphatic rings. The number of rotatable bonds is 6. The van der Waals surface area contributed by atoms with Crippen molar-refractivity contribution in [1.29, 1.82) is 0 Å². The maximum absolute atomic E-state index is 13.0. The molecule has 1 N–H and O–H groups in total. The van der Waals surface area contributed by atoms with Crippen LogP contribution in [0.2, 0.25) is 0 Å². The van der Waals surface area contributed by atoms with Crippen molar-refractivity contribution in [1.82, 2.24) is 0 Å². The summed E-state index contributed by atoms with van der Waals surface area (Å²) in [7, 11) is -2.41. The van der Waals surface area contributed by atoms with E-state index in [-0.39, 0.29) is 11.6 Å². The molecule has 0 spiro atoms. The van der Waals surface area contributed by atoms with Gasteiger partial charge in [0.2, 0.25) is 0 Å². The molecule has 0 fully saturated rings. The number of methoxy groups -OCH3 is 1. The summed E-state index contributed by atoms with van der Waals surface area (Å²) in [6.45, 7) is 0. The number of benzene rings is 1. The van der Waals surface area contributed by atoms with Gasteiger partial charge in [0.15, 0.2) is 0 Å². The Hall–Kier alpha value is -1.14. The van der Waals surface area contributed by atoms with Crippen molar-refractivity contribution in [2.75, 3.05) is 12.9 Å². The molecule has 0 unspecified atom stereocenters. The minimum absolute atomic E-state index is 0.273. The molecule has 0 amide bonds. The summed E-state index contributed by atoms with van der Waals surface area (Å²) in [6.07, 6.45) is 1.38. The van der Waals surface area contributed by atoms with E-state index in [1.807, 2.05) is 0 Å². The first-order valence-electron chi connectivity index (χ1n) is 5.20. The van der Waals surface area contributed by atoms with Crippen molar-refractivity contribution in [2.24, 2.45) is 0 Å². The third kappa shape index (κ3) is 5.14. The van der Waals surface area contributed by atoms with E-state index in [1.54, 1.807) is 0 Å². The second-order valence-electron chi connectivity index (χ2n) is 3.70. The van der Waals surface area contributed by atoms with Gasteiger partial charge in [-0.25, -0.2) is 4.39 Å². The van der Waals surface area contributed by atoms with Gasteiger partial charge in [0, 0.05) is 0 Å². The van der Waals surface area contributed by atoms with E-state index in [1.165, 1.54) is 25.3 Å². The lowest BCUT2D eigenvalue weighted by atomic mass is 10.1. The van der Waals surface area contributed by atoms with E-state index < -0.39 is 10.1 Å². The molecule has 0 bridgehead atoms. The van der Waals surface area contributed by atoms with E-state index in [9.17, 15) is 12.8 Å². The summed E-state index contributed by atoms with van der Waals surface area (Å²) in [4.78, 5) is 0. The van der Waals surface area contributed by atoms with Gasteiger partial charge < -0.3 is 4.74 Å². The minimum Gasteiger partial charge on any atom is -0.496 e. The SMILES string of the molecule is COc1ccc(F)cc1CCCCS(=O)(=O)O. The molecule has 0 aliphatic carbocycles. The van der Waals surface area contributed by atoms with Gasteiger partial charge in [0.1, 0.15) is 11.6 Å². The quantitative estimate of drug-likeness (QED) is 0.629. The highest BCUT2D eigenvalue weighted by Gasteiger charge is 2.07. The fourth-order valence-corrected chi connectivity index (χ4v) is 2.11. The van der Waals surface area contributed by atoms with Crippen LogP contribution in [0.4, 0.5) is 4.39 Å². The summed E-state index contributed by atoms with van der Waals surface area (Å²) in [5.41, 5.74) is 0.697. The molecule has 0 saturated carbocycles.